The van der Waals surface area contributed by atoms with E-state index in [2.05, 4.69) is 10.1 Å². The van der Waals surface area contributed by atoms with Crippen molar-refractivity contribution in [3.05, 3.63) is 84.1 Å². The highest BCUT2D eigenvalue weighted by molar-refractivity contribution is 7.07. The van der Waals surface area contributed by atoms with Gasteiger partial charge in [0, 0.05) is 18.3 Å². The van der Waals surface area contributed by atoms with Crippen LogP contribution in [0.25, 0.3) is 6.08 Å². The fraction of sp³-hybridized carbons (Fsp3) is 0.304. The molecule has 0 saturated carbocycles. The van der Waals surface area contributed by atoms with E-state index in [0.29, 0.717) is 20.6 Å². The molecule has 1 atom stereocenters. The number of thiazole rings is 1. The maximum Gasteiger partial charge on any atom is 0.338 e. The number of hydrogen-bond donors (Lipinski definition) is 0. The third-order valence-corrected chi connectivity index (χ3v) is 6.28. The monoisotopic (exact) mass is 454 g/mol. The van der Waals surface area contributed by atoms with Crippen LogP contribution in [0.5, 0.6) is 0 Å². The van der Waals surface area contributed by atoms with Gasteiger partial charge in [-0.3, -0.25) is 14.0 Å². The summed E-state index contributed by atoms with van der Waals surface area (Å²) in [6, 6.07) is 5.01. The summed E-state index contributed by atoms with van der Waals surface area (Å²) < 4.78 is 22.6. The molecule has 0 saturated heterocycles. The fourth-order valence-corrected chi connectivity index (χ4v) is 4.77. The number of fused-ring (bicyclic) bond motifs is 1. The summed E-state index contributed by atoms with van der Waals surface area (Å²) in [5.41, 5.74) is 2.73. The molecular formula is C23H23FN4O3S. The number of carbonyl (C=O) groups excluding carboxylic acids is 1. The number of nitrogens with zero attached hydrogens (tertiary/aromatic N) is 4. The normalized spacial score (nSPS) is 16.2. The van der Waals surface area contributed by atoms with Crippen LogP contribution in [0, 0.1) is 12.7 Å². The van der Waals surface area contributed by atoms with Crippen molar-refractivity contribution < 1.29 is 13.9 Å². The molecule has 0 bridgehead atoms. The van der Waals surface area contributed by atoms with Gasteiger partial charge in [0.2, 0.25) is 0 Å². The van der Waals surface area contributed by atoms with Gasteiger partial charge in [0.25, 0.3) is 5.56 Å². The highest BCUT2D eigenvalue weighted by Gasteiger charge is 2.33. The van der Waals surface area contributed by atoms with Crippen LogP contribution < -0.4 is 14.9 Å². The molecule has 0 spiro atoms. The number of allylic oxidation sites excluding steroid dienone is 1. The molecule has 1 aliphatic rings. The number of esters is 1. The quantitative estimate of drug-likeness (QED) is 0.555. The topological polar surface area (TPSA) is 78.5 Å². The minimum Gasteiger partial charge on any atom is -0.463 e. The average Bonchev–Trinajstić information content (AvgIpc) is 3.27. The largest absolute Gasteiger partial charge is 0.463 e. The zero-order valence-corrected chi connectivity index (χ0v) is 19.1. The van der Waals surface area contributed by atoms with Crippen LogP contribution in [0.15, 0.2) is 51.5 Å². The van der Waals surface area contributed by atoms with Crippen molar-refractivity contribution in [2.75, 3.05) is 6.61 Å². The Labute approximate surface area is 187 Å². The van der Waals surface area contributed by atoms with Gasteiger partial charge in [-0.1, -0.05) is 23.5 Å². The standard InChI is InChI=1S/C23H23FN4O3S/c1-5-27-12-16(13(3)26-27)11-18-21(29)28-20(15-7-9-17(24)10-8-15)19(22(30)31-6-2)14(4)25-23(28)32-18/h7-12,20H,5-6H2,1-4H3/b18-11-/t20-/m1/s1. The van der Waals surface area contributed by atoms with Crippen LogP contribution >= 0.6 is 11.3 Å². The average molecular weight is 455 g/mol. The van der Waals surface area contributed by atoms with E-state index >= 15 is 0 Å². The SMILES string of the molecule is CCOC(=O)C1=C(C)N=c2s/c(=C\c3cn(CC)nc3C)c(=O)n2[C@@H]1c1ccc(F)cc1. The Morgan fingerprint density at radius 3 is 2.59 bits per heavy atom. The van der Waals surface area contributed by atoms with Crippen molar-refractivity contribution in [2.24, 2.45) is 4.99 Å². The Balaban J connectivity index is 1.95. The second-order valence-corrected chi connectivity index (χ2v) is 8.39. The van der Waals surface area contributed by atoms with Gasteiger partial charge >= 0.3 is 5.97 Å². The summed E-state index contributed by atoms with van der Waals surface area (Å²) in [4.78, 5) is 31.3. The van der Waals surface area contributed by atoms with Crippen LogP contribution in [0.2, 0.25) is 0 Å². The van der Waals surface area contributed by atoms with Crippen molar-refractivity contribution in [2.45, 2.75) is 40.3 Å². The smallest absolute Gasteiger partial charge is 0.338 e. The molecule has 3 aromatic rings. The van der Waals surface area contributed by atoms with Crippen LogP contribution in [0.3, 0.4) is 0 Å². The van der Waals surface area contributed by atoms with Gasteiger partial charge in [0.05, 0.1) is 34.1 Å². The van der Waals surface area contributed by atoms with Gasteiger partial charge in [-0.2, -0.15) is 5.10 Å². The zero-order chi connectivity index (χ0) is 23.0. The Kier molecular flexibility index (Phi) is 5.92. The van der Waals surface area contributed by atoms with Crippen molar-refractivity contribution in [1.29, 1.82) is 0 Å². The van der Waals surface area contributed by atoms with E-state index in [1.165, 1.54) is 28.0 Å². The van der Waals surface area contributed by atoms with E-state index in [1.807, 2.05) is 24.7 Å². The van der Waals surface area contributed by atoms with Gasteiger partial charge in [-0.15, -0.1) is 0 Å². The number of hydrogen-bond acceptors (Lipinski definition) is 6. The van der Waals surface area contributed by atoms with E-state index in [-0.39, 0.29) is 17.7 Å². The molecule has 0 amide bonds. The van der Waals surface area contributed by atoms with E-state index in [1.54, 1.807) is 32.1 Å². The molecule has 2 aromatic heterocycles. The third kappa shape index (κ3) is 3.84. The highest BCUT2D eigenvalue weighted by Crippen LogP contribution is 2.30. The lowest BCUT2D eigenvalue weighted by molar-refractivity contribution is -0.139. The van der Waals surface area contributed by atoms with Crippen molar-refractivity contribution in [1.82, 2.24) is 14.3 Å². The number of aromatic nitrogens is 3. The van der Waals surface area contributed by atoms with Gasteiger partial charge in [-0.05, 0) is 51.5 Å². The third-order valence-electron chi connectivity index (χ3n) is 5.30. The summed E-state index contributed by atoms with van der Waals surface area (Å²) >= 11 is 1.25. The lowest BCUT2D eigenvalue weighted by Crippen LogP contribution is -2.39. The maximum absolute atomic E-state index is 13.6. The first-order valence-electron chi connectivity index (χ1n) is 10.3. The highest BCUT2D eigenvalue weighted by atomic mass is 32.1. The van der Waals surface area contributed by atoms with Gasteiger partial charge in [0.1, 0.15) is 5.82 Å². The summed E-state index contributed by atoms with van der Waals surface area (Å²) in [6.07, 6.45) is 3.68. The number of rotatable bonds is 5. The van der Waals surface area contributed by atoms with Gasteiger partial charge in [-0.25, -0.2) is 14.2 Å². The Morgan fingerprint density at radius 2 is 1.97 bits per heavy atom. The van der Waals surface area contributed by atoms with Gasteiger partial charge < -0.3 is 4.74 Å². The fourth-order valence-electron chi connectivity index (χ4n) is 3.73. The second-order valence-electron chi connectivity index (χ2n) is 7.38. The molecule has 0 radical (unpaired) electrons. The number of aryl methyl sites for hydroxylation is 2. The first-order chi connectivity index (χ1) is 15.3. The molecule has 0 fully saturated rings. The molecule has 0 N–H and O–H groups in total. The van der Waals surface area contributed by atoms with Crippen molar-refractivity contribution in [3.63, 3.8) is 0 Å². The lowest BCUT2D eigenvalue weighted by Gasteiger charge is -2.24. The molecule has 32 heavy (non-hydrogen) atoms. The first-order valence-corrected chi connectivity index (χ1v) is 11.1. The molecule has 9 heteroatoms. The minimum absolute atomic E-state index is 0.191. The van der Waals surface area contributed by atoms with Gasteiger partial charge in [0.15, 0.2) is 4.80 Å². The summed E-state index contributed by atoms with van der Waals surface area (Å²) in [7, 11) is 0. The van der Waals surface area contributed by atoms with E-state index in [9.17, 15) is 14.0 Å². The van der Waals surface area contributed by atoms with Crippen molar-refractivity contribution in [3.8, 4) is 0 Å². The van der Waals surface area contributed by atoms with Crippen LogP contribution in [-0.2, 0) is 16.1 Å². The molecule has 3 heterocycles. The van der Waals surface area contributed by atoms with E-state index in [0.717, 1.165) is 17.8 Å². The Bertz CT molecular complexity index is 1400. The second kappa shape index (κ2) is 8.66. The van der Waals surface area contributed by atoms with Crippen molar-refractivity contribution >= 4 is 23.4 Å². The summed E-state index contributed by atoms with van der Waals surface area (Å²) in [5.74, 6) is -0.944. The lowest BCUT2D eigenvalue weighted by atomic mass is 9.96. The number of halogens is 1. The van der Waals surface area contributed by atoms with E-state index in [4.69, 9.17) is 4.74 Å². The molecule has 0 aliphatic carbocycles. The minimum atomic E-state index is -0.757. The first kappa shape index (κ1) is 21.9. The van der Waals surface area contributed by atoms with Crippen LogP contribution in [-0.4, -0.2) is 26.9 Å². The number of benzene rings is 1. The van der Waals surface area contributed by atoms with Crippen LogP contribution in [0.4, 0.5) is 4.39 Å². The zero-order valence-electron chi connectivity index (χ0n) is 18.3. The summed E-state index contributed by atoms with van der Waals surface area (Å²) in [5, 5.41) is 4.43. The number of ether oxygens (including phenoxy) is 1. The molecule has 0 unspecified atom stereocenters. The molecule has 1 aromatic carbocycles. The Hall–Kier alpha value is -3.33. The molecule has 166 valence electrons. The molecule has 4 rings (SSSR count). The number of carbonyl (C=O) groups is 1. The maximum atomic E-state index is 13.6. The van der Waals surface area contributed by atoms with E-state index < -0.39 is 17.8 Å². The molecule has 1 aliphatic heterocycles. The van der Waals surface area contributed by atoms with Crippen LogP contribution in [0.1, 0.15) is 43.6 Å². The summed E-state index contributed by atoms with van der Waals surface area (Å²) in [6.45, 7) is 8.23. The molecule has 7 nitrogen and oxygen atoms in total. The predicted octanol–water partition coefficient (Wildman–Crippen LogP) is 2.46. The Morgan fingerprint density at radius 1 is 1.25 bits per heavy atom. The predicted molar refractivity (Wildman–Crippen MR) is 119 cm³/mol. The molecular weight excluding hydrogens is 431 g/mol.